The van der Waals surface area contributed by atoms with Crippen molar-refractivity contribution in [2.75, 3.05) is 11.0 Å². The highest BCUT2D eigenvalue weighted by Crippen LogP contribution is 2.26. The summed E-state index contributed by atoms with van der Waals surface area (Å²) in [6.45, 7) is 0.825. The van der Waals surface area contributed by atoms with Crippen LogP contribution in [0.1, 0.15) is 50.2 Å². The van der Waals surface area contributed by atoms with E-state index in [2.05, 4.69) is 22.6 Å². The Hall–Kier alpha value is -0.290. The normalized spacial score (nSPS) is 18.2. The third-order valence-electron chi connectivity index (χ3n) is 3.84. The van der Waals surface area contributed by atoms with Crippen LogP contribution >= 0.6 is 22.6 Å². The van der Waals surface area contributed by atoms with Crippen LogP contribution in [0.2, 0.25) is 0 Å². The van der Waals surface area contributed by atoms with Crippen LogP contribution in [0.5, 0.6) is 5.75 Å². The van der Waals surface area contributed by atoms with E-state index in [1.807, 2.05) is 24.3 Å². The molecule has 1 N–H and O–H groups in total. The monoisotopic (exact) mass is 374 g/mol. The Morgan fingerprint density at radius 2 is 2.05 bits per heavy atom. The first kappa shape index (κ1) is 15.1. The smallest absolute Gasteiger partial charge is 0.119 e. The van der Waals surface area contributed by atoms with Crippen molar-refractivity contribution in [3.8, 4) is 5.75 Å². The van der Waals surface area contributed by atoms with Crippen LogP contribution in [0.15, 0.2) is 24.3 Å². The van der Waals surface area contributed by atoms with Gasteiger partial charge in [0.25, 0.3) is 0 Å². The fourth-order valence-corrected chi connectivity index (χ4v) is 3.24. The molecule has 1 atom stereocenters. The van der Waals surface area contributed by atoms with Gasteiger partial charge in [0.05, 0.1) is 12.7 Å². The van der Waals surface area contributed by atoms with Crippen molar-refractivity contribution >= 4 is 22.6 Å². The van der Waals surface area contributed by atoms with E-state index < -0.39 is 0 Å². The highest BCUT2D eigenvalue weighted by atomic mass is 127. The molecule has 0 saturated heterocycles. The van der Waals surface area contributed by atoms with E-state index in [9.17, 15) is 5.11 Å². The van der Waals surface area contributed by atoms with Gasteiger partial charge in [0.1, 0.15) is 5.75 Å². The number of halogens is 1. The molecule has 0 bridgehead atoms. The first-order chi connectivity index (χ1) is 9.29. The summed E-state index contributed by atoms with van der Waals surface area (Å²) >= 11 is 2.29. The van der Waals surface area contributed by atoms with E-state index in [0.29, 0.717) is 0 Å². The molecule has 0 aromatic heterocycles. The molecule has 0 aliphatic heterocycles. The minimum Gasteiger partial charge on any atom is -0.493 e. The lowest BCUT2D eigenvalue weighted by Crippen LogP contribution is -2.15. The number of rotatable bonds is 6. The molecule has 0 unspecified atom stereocenters. The van der Waals surface area contributed by atoms with Gasteiger partial charge in [-0.1, -0.05) is 54.0 Å². The van der Waals surface area contributed by atoms with Crippen molar-refractivity contribution < 1.29 is 9.84 Å². The summed E-state index contributed by atoms with van der Waals surface area (Å²) < 4.78 is 6.87. The predicted molar refractivity (Wildman–Crippen MR) is 87.0 cm³/mol. The molecule has 0 radical (unpaired) electrons. The summed E-state index contributed by atoms with van der Waals surface area (Å²) in [5.41, 5.74) is 0.970. The molecule has 19 heavy (non-hydrogen) atoms. The van der Waals surface area contributed by atoms with E-state index in [4.69, 9.17) is 4.74 Å². The van der Waals surface area contributed by atoms with Gasteiger partial charge in [0.2, 0.25) is 0 Å². The molecule has 1 aliphatic rings. The Balaban J connectivity index is 1.87. The van der Waals surface area contributed by atoms with Gasteiger partial charge in [-0.25, -0.2) is 0 Å². The van der Waals surface area contributed by atoms with Gasteiger partial charge in [-0.3, -0.25) is 0 Å². The van der Waals surface area contributed by atoms with Crippen LogP contribution in [0, 0.1) is 5.92 Å². The fraction of sp³-hybridized carbons (Fsp3) is 0.625. The van der Waals surface area contributed by atoms with Crippen molar-refractivity contribution in [3.63, 3.8) is 0 Å². The molecule has 0 amide bonds. The average molecular weight is 374 g/mol. The Labute approximate surface area is 129 Å². The second-order valence-corrected chi connectivity index (χ2v) is 6.46. The maximum atomic E-state index is 10.0. The Morgan fingerprint density at radius 1 is 1.26 bits per heavy atom. The third kappa shape index (κ3) is 4.95. The number of ether oxygens (including phenoxy) is 1. The lowest BCUT2D eigenvalue weighted by Gasteiger charge is -2.22. The Bertz CT molecular complexity index is 375. The Morgan fingerprint density at radius 3 is 2.79 bits per heavy atom. The van der Waals surface area contributed by atoms with Gasteiger partial charge < -0.3 is 9.84 Å². The van der Waals surface area contributed by atoms with Crippen molar-refractivity contribution in [3.05, 3.63) is 29.8 Å². The Kier molecular flexibility index (Phi) is 6.44. The maximum absolute atomic E-state index is 10.0. The molecule has 1 aromatic rings. The molecule has 1 saturated carbocycles. The van der Waals surface area contributed by atoms with E-state index in [-0.39, 0.29) is 6.10 Å². The van der Waals surface area contributed by atoms with Gasteiger partial charge in [0.15, 0.2) is 0 Å². The van der Waals surface area contributed by atoms with Crippen LogP contribution in [-0.4, -0.2) is 16.1 Å². The zero-order chi connectivity index (χ0) is 13.5. The first-order valence-corrected chi connectivity index (χ1v) is 8.79. The molecule has 1 aromatic carbocycles. The predicted octanol–water partition coefficient (Wildman–Crippen LogP) is 4.50. The minimum absolute atomic E-state index is 0.366. The molecule has 1 fully saturated rings. The van der Waals surface area contributed by atoms with E-state index >= 15 is 0 Å². The maximum Gasteiger partial charge on any atom is 0.119 e. The second kappa shape index (κ2) is 8.10. The minimum atomic E-state index is -0.366. The molecule has 2 nitrogen and oxygen atoms in total. The molecule has 2 rings (SSSR count). The van der Waals surface area contributed by atoms with Gasteiger partial charge in [0, 0.05) is 4.43 Å². The summed E-state index contributed by atoms with van der Waals surface area (Å²) in [6.07, 6.45) is 7.12. The van der Waals surface area contributed by atoms with Crippen LogP contribution in [-0.2, 0) is 0 Å². The molecule has 0 spiro atoms. The standard InChI is InChI=1S/C16H23IO2/c17-10-9-16(18)14-7-4-8-15(11-14)19-12-13-5-2-1-3-6-13/h4,7-8,11,13,16,18H,1-3,5-6,9-10,12H2/t16-/m1/s1. The lowest BCUT2D eigenvalue weighted by atomic mass is 9.90. The second-order valence-electron chi connectivity index (χ2n) is 5.38. The lowest BCUT2D eigenvalue weighted by molar-refractivity contribution is 0.174. The van der Waals surface area contributed by atoms with Crippen LogP contribution < -0.4 is 4.74 Å². The topological polar surface area (TPSA) is 29.5 Å². The summed E-state index contributed by atoms with van der Waals surface area (Å²) in [4.78, 5) is 0. The van der Waals surface area contributed by atoms with Crippen molar-refractivity contribution in [1.82, 2.24) is 0 Å². The van der Waals surface area contributed by atoms with Crippen LogP contribution in [0.3, 0.4) is 0 Å². The highest BCUT2D eigenvalue weighted by Gasteiger charge is 2.14. The van der Waals surface area contributed by atoms with E-state index in [1.54, 1.807) is 0 Å². The summed E-state index contributed by atoms with van der Waals surface area (Å²) in [5.74, 6) is 1.62. The number of alkyl halides is 1. The van der Waals surface area contributed by atoms with Crippen molar-refractivity contribution in [2.45, 2.75) is 44.6 Å². The van der Waals surface area contributed by atoms with Gasteiger partial charge in [-0.05, 0) is 42.9 Å². The average Bonchev–Trinajstić information content (AvgIpc) is 2.47. The van der Waals surface area contributed by atoms with Crippen LogP contribution in [0.25, 0.3) is 0 Å². The molecule has 0 heterocycles. The summed E-state index contributed by atoms with van der Waals surface area (Å²) in [5, 5.41) is 10.0. The quantitative estimate of drug-likeness (QED) is 0.587. The zero-order valence-electron chi connectivity index (χ0n) is 11.4. The van der Waals surface area contributed by atoms with Gasteiger partial charge in [-0.2, -0.15) is 0 Å². The number of aliphatic hydroxyl groups excluding tert-OH is 1. The van der Waals surface area contributed by atoms with E-state index in [1.165, 1.54) is 32.1 Å². The fourth-order valence-electron chi connectivity index (χ4n) is 2.65. The SMILES string of the molecule is O[C@H](CCI)c1cccc(OCC2CCCCC2)c1. The van der Waals surface area contributed by atoms with Crippen LogP contribution in [0.4, 0.5) is 0 Å². The van der Waals surface area contributed by atoms with Gasteiger partial charge >= 0.3 is 0 Å². The largest absolute Gasteiger partial charge is 0.493 e. The molecule has 1 aliphatic carbocycles. The molecule has 3 heteroatoms. The number of hydrogen-bond donors (Lipinski definition) is 1. The number of benzene rings is 1. The van der Waals surface area contributed by atoms with Crippen molar-refractivity contribution in [2.24, 2.45) is 5.92 Å². The highest BCUT2D eigenvalue weighted by molar-refractivity contribution is 14.1. The third-order valence-corrected chi connectivity index (χ3v) is 4.46. The van der Waals surface area contributed by atoms with Crippen molar-refractivity contribution in [1.29, 1.82) is 0 Å². The number of hydrogen-bond acceptors (Lipinski definition) is 2. The summed E-state index contributed by atoms with van der Waals surface area (Å²) in [7, 11) is 0. The molecular formula is C16H23IO2. The zero-order valence-corrected chi connectivity index (χ0v) is 13.5. The van der Waals surface area contributed by atoms with E-state index in [0.717, 1.165) is 34.7 Å². The molecule has 106 valence electrons. The molecular weight excluding hydrogens is 351 g/mol. The summed E-state index contributed by atoms with van der Waals surface area (Å²) in [6, 6.07) is 7.93. The first-order valence-electron chi connectivity index (χ1n) is 7.26. The van der Waals surface area contributed by atoms with Gasteiger partial charge in [-0.15, -0.1) is 0 Å². The number of aliphatic hydroxyl groups is 1.